The molecule has 0 radical (unpaired) electrons. The molecule has 0 saturated carbocycles. The number of aromatic nitrogens is 3. The van der Waals surface area contributed by atoms with E-state index in [0.717, 1.165) is 0 Å². The van der Waals surface area contributed by atoms with Gasteiger partial charge in [-0.2, -0.15) is 5.10 Å². The van der Waals surface area contributed by atoms with Gasteiger partial charge < -0.3 is 14.6 Å². The number of aromatic carboxylic acids is 1. The van der Waals surface area contributed by atoms with Crippen LogP contribution in [0.2, 0.25) is 0 Å². The lowest BCUT2D eigenvalue weighted by Crippen LogP contribution is -2.11. The number of hydrogen-bond acceptors (Lipinski definition) is 5. The molecule has 0 aliphatic heterocycles. The third kappa shape index (κ3) is 2.20. The van der Waals surface area contributed by atoms with Gasteiger partial charge >= 0.3 is 11.9 Å². The number of pyridine rings is 1. The molecular weight excluding hydrogens is 290 g/mol. The van der Waals surface area contributed by atoms with Crippen molar-refractivity contribution >= 4 is 23.0 Å². The molecule has 0 saturated heterocycles. The summed E-state index contributed by atoms with van der Waals surface area (Å²) in [5.41, 5.74) is 0.922. The van der Waals surface area contributed by atoms with E-state index >= 15 is 0 Å². The average molecular weight is 301 g/mol. The molecule has 0 amide bonds. The summed E-state index contributed by atoms with van der Waals surface area (Å²) in [4.78, 5) is 26.8. The highest BCUT2D eigenvalue weighted by Gasteiger charge is 2.21. The smallest absolute Gasteiger partial charge is 0.336 e. The Morgan fingerprint density at radius 3 is 2.73 bits per heavy atom. The molecular formula is C14H11N3O5. The lowest BCUT2D eigenvalue weighted by molar-refractivity contribution is -0.137. The van der Waals surface area contributed by atoms with Gasteiger partial charge in [0.05, 0.1) is 22.9 Å². The van der Waals surface area contributed by atoms with Gasteiger partial charge in [-0.1, -0.05) is 0 Å². The summed E-state index contributed by atoms with van der Waals surface area (Å²) >= 11 is 0. The number of carboxylic acid groups (broad SMARTS) is 2. The van der Waals surface area contributed by atoms with E-state index in [1.54, 1.807) is 19.1 Å². The Kier molecular flexibility index (Phi) is 3.13. The van der Waals surface area contributed by atoms with Crippen LogP contribution in [0.1, 0.15) is 16.1 Å². The molecule has 3 aromatic rings. The lowest BCUT2D eigenvalue weighted by atomic mass is 10.1. The highest BCUT2D eigenvalue weighted by atomic mass is 16.4. The fourth-order valence-corrected chi connectivity index (χ4v) is 2.31. The minimum absolute atomic E-state index is 0.00513. The van der Waals surface area contributed by atoms with Crippen LogP contribution in [0.5, 0.6) is 0 Å². The molecule has 8 nitrogen and oxygen atoms in total. The van der Waals surface area contributed by atoms with E-state index < -0.39 is 18.5 Å². The molecule has 0 aliphatic carbocycles. The van der Waals surface area contributed by atoms with Gasteiger partial charge in [-0.05, 0) is 25.1 Å². The van der Waals surface area contributed by atoms with E-state index in [0.29, 0.717) is 22.5 Å². The van der Waals surface area contributed by atoms with Crippen molar-refractivity contribution in [2.24, 2.45) is 0 Å². The summed E-state index contributed by atoms with van der Waals surface area (Å²) in [5.74, 6) is -1.84. The Balaban J connectivity index is 2.33. The van der Waals surface area contributed by atoms with Gasteiger partial charge in [-0.15, -0.1) is 0 Å². The van der Waals surface area contributed by atoms with Crippen LogP contribution < -0.4 is 0 Å². The highest BCUT2D eigenvalue weighted by molar-refractivity contribution is 6.04. The minimum atomic E-state index is -1.14. The van der Waals surface area contributed by atoms with Crippen molar-refractivity contribution in [2.75, 3.05) is 0 Å². The van der Waals surface area contributed by atoms with Crippen molar-refractivity contribution in [3.8, 4) is 11.5 Å². The maximum absolute atomic E-state index is 11.5. The minimum Gasteiger partial charge on any atom is -0.480 e. The Morgan fingerprint density at radius 2 is 2.14 bits per heavy atom. The van der Waals surface area contributed by atoms with Crippen LogP contribution in [0.15, 0.2) is 28.9 Å². The molecule has 0 fully saturated rings. The summed E-state index contributed by atoms with van der Waals surface area (Å²) in [7, 11) is 0. The van der Waals surface area contributed by atoms with Crippen LogP contribution in [0.3, 0.4) is 0 Å². The molecule has 8 heteroatoms. The topological polar surface area (TPSA) is 118 Å². The van der Waals surface area contributed by atoms with Gasteiger partial charge in [0.1, 0.15) is 12.2 Å². The van der Waals surface area contributed by atoms with Crippen LogP contribution in [0, 0.1) is 6.92 Å². The van der Waals surface area contributed by atoms with E-state index in [-0.39, 0.29) is 11.2 Å². The first-order valence-electron chi connectivity index (χ1n) is 6.34. The number of aliphatic carboxylic acids is 1. The van der Waals surface area contributed by atoms with Crippen molar-refractivity contribution in [2.45, 2.75) is 13.5 Å². The second kappa shape index (κ2) is 4.99. The molecule has 3 rings (SSSR count). The van der Waals surface area contributed by atoms with Crippen molar-refractivity contribution < 1.29 is 24.2 Å². The molecule has 112 valence electrons. The first-order chi connectivity index (χ1) is 10.5. The van der Waals surface area contributed by atoms with E-state index in [1.165, 1.54) is 17.0 Å². The van der Waals surface area contributed by atoms with E-state index in [2.05, 4.69) is 10.1 Å². The predicted octanol–water partition coefficient (Wildman–Crippen LogP) is 1.78. The Hall–Kier alpha value is -3.16. The second-order valence-corrected chi connectivity index (χ2v) is 4.67. The molecule has 0 aromatic carbocycles. The summed E-state index contributed by atoms with van der Waals surface area (Å²) in [5, 5.41) is 22.8. The van der Waals surface area contributed by atoms with Crippen LogP contribution in [0.4, 0.5) is 0 Å². The van der Waals surface area contributed by atoms with Crippen molar-refractivity contribution in [3.63, 3.8) is 0 Å². The Morgan fingerprint density at radius 1 is 1.36 bits per heavy atom. The van der Waals surface area contributed by atoms with Gasteiger partial charge in [0.15, 0.2) is 11.4 Å². The van der Waals surface area contributed by atoms with E-state index in [4.69, 9.17) is 9.52 Å². The van der Waals surface area contributed by atoms with Crippen LogP contribution in [-0.4, -0.2) is 36.9 Å². The van der Waals surface area contributed by atoms with Gasteiger partial charge in [-0.3, -0.25) is 4.79 Å². The Bertz CT molecular complexity index is 880. The number of fused-ring (bicyclic) bond motifs is 1. The maximum Gasteiger partial charge on any atom is 0.336 e. The van der Waals surface area contributed by atoms with E-state index in [9.17, 15) is 14.7 Å². The number of hydrogen-bond donors (Lipinski definition) is 2. The summed E-state index contributed by atoms with van der Waals surface area (Å²) in [6.45, 7) is 1.21. The fourth-order valence-electron chi connectivity index (χ4n) is 2.31. The van der Waals surface area contributed by atoms with Crippen molar-refractivity contribution in [1.82, 2.24) is 14.8 Å². The molecule has 0 bridgehead atoms. The first kappa shape index (κ1) is 13.8. The third-order valence-electron chi connectivity index (χ3n) is 3.17. The normalized spacial score (nSPS) is 11.0. The number of aryl methyl sites for hydroxylation is 1. The number of carbonyl (C=O) groups is 2. The van der Waals surface area contributed by atoms with Gasteiger partial charge in [-0.25, -0.2) is 14.5 Å². The van der Waals surface area contributed by atoms with Crippen molar-refractivity contribution in [1.29, 1.82) is 0 Å². The van der Waals surface area contributed by atoms with E-state index in [1.807, 2.05) is 0 Å². The zero-order valence-electron chi connectivity index (χ0n) is 11.5. The monoisotopic (exact) mass is 301 g/mol. The number of carboxylic acids is 2. The largest absolute Gasteiger partial charge is 0.480 e. The van der Waals surface area contributed by atoms with Crippen LogP contribution >= 0.6 is 0 Å². The molecule has 0 atom stereocenters. The number of rotatable bonds is 4. The highest BCUT2D eigenvalue weighted by Crippen LogP contribution is 2.27. The zero-order chi connectivity index (χ0) is 15.9. The van der Waals surface area contributed by atoms with Gasteiger partial charge in [0.25, 0.3) is 0 Å². The van der Waals surface area contributed by atoms with Gasteiger partial charge in [0, 0.05) is 0 Å². The number of nitrogens with zero attached hydrogens (tertiary/aromatic N) is 3. The van der Waals surface area contributed by atoms with Crippen LogP contribution in [0.25, 0.3) is 22.5 Å². The zero-order valence-corrected chi connectivity index (χ0v) is 11.5. The molecule has 0 spiro atoms. The summed E-state index contributed by atoms with van der Waals surface area (Å²) in [6.07, 6.45) is 1.45. The second-order valence-electron chi connectivity index (χ2n) is 4.67. The molecule has 3 aromatic heterocycles. The molecule has 0 aliphatic rings. The molecule has 22 heavy (non-hydrogen) atoms. The summed E-state index contributed by atoms with van der Waals surface area (Å²) < 4.78 is 6.40. The predicted molar refractivity (Wildman–Crippen MR) is 74.6 cm³/mol. The first-order valence-corrected chi connectivity index (χ1v) is 6.34. The van der Waals surface area contributed by atoms with Crippen LogP contribution in [-0.2, 0) is 11.3 Å². The molecule has 3 heterocycles. The molecule has 0 unspecified atom stereocenters. The van der Waals surface area contributed by atoms with Crippen molar-refractivity contribution in [3.05, 3.63) is 35.7 Å². The Labute approximate surface area is 123 Å². The standard InChI is InChI=1S/C14H11N3O5/c1-7-12-8(14(20)21)5-9(10-3-2-4-22-10)15-13(12)17(16-7)6-11(18)19/h2-5H,6H2,1H3,(H,18,19)(H,20,21). The summed E-state index contributed by atoms with van der Waals surface area (Å²) in [6, 6.07) is 4.69. The number of furan rings is 1. The third-order valence-corrected chi connectivity index (χ3v) is 3.17. The average Bonchev–Trinajstić information content (AvgIpc) is 3.07. The van der Waals surface area contributed by atoms with Gasteiger partial charge in [0.2, 0.25) is 0 Å². The SMILES string of the molecule is Cc1nn(CC(=O)O)c2nc(-c3ccco3)cc(C(=O)O)c12. The maximum atomic E-state index is 11.5. The quantitative estimate of drug-likeness (QED) is 0.753. The molecule has 2 N–H and O–H groups in total. The lowest BCUT2D eigenvalue weighted by Gasteiger charge is -2.04. The fraction of sp³-hybridized carbons (Fsp3) is 0.143.